The fourth-order valence-electron chi connectivity index (χ4n) is 7.13. The van der Waals surface area contributed by atoms with Crippen molar-refractivity contribution in [3.63, 3.8) is 0 Å². The van der Waals surface area contributed by atoms with Gasteiger partial charge in [0.25, 0.3) is 0 Å². The Kier molecular flexibility index (Phi) is 5.87. The van der Waals surface area contributed by atoms with Gasteiger partial charge in [-0.1, -0.05) is 54.6 Å². The number of carbonyl (C=O) groups is 3. The molecule has 7 rings (SSSR count). The van der Waals surface area contributed by atoms with E-state index in [9.17, 15) is 18.8 Å². The Labute approximate surface area is 242 Å². The van der Waals surface area contributed by atoms with Crippen molar-refractivity contribution >= 4 is 29.1 Å². The van der Waals surface area contributed by atoms with Gasteiger partial charge in [-0.25, -0.2) is 4.39 Å². The number of anilines is 1. The monoisotopic (exact) mass is 559 g/mol. The van der Waals surface area contributed by atoms with Crippen molar-refractivity contribution in [2.45, 2.75) is 18.0 Å². The molecule has 0 radical (unpaired) electrons. The van der Waals surface area contributed by atoms with Gasteiger partial charge in [-0.05, 0) is 54.1 Å². The van der Waals surface area contributed by atoms with Crippen LogP contribution in [0.1, 0.15) is 48.1 Å². The smallest absolute Gasteiger partial charge is 0.185 e. The summed E-state index contributed by atoms with van der Waals surface area (Å²) >= 11 is 0. The van der Waals surface area contributed by atoms with Crippen LogP contribution in [0.15, 0.2) is 97.1 Å². The van der Waals surface area contributed by atoms with Gasteiger partial charge in [-0.3, -0.25) is 14.4 Å². The molecule has 0 aromatic heterocycles. The third-order valence-corrected chi connectivity index (χ3v) is 8.88. The van der Waals surface area contributed by atoms with E-state index in [1.54, 1.807) is 42.5 Å². The molecule has 0 amide bonds. The molecule has 2 aliphatic heterocycles. The van der Waals surface area contributed by atoms with E-state index in [1.807, 2.05) is 41.3 Å². The standard InChI is InChI=1S/C35H26FNO5/c1-41-23-16-17-28(42-2)26(19-23)30-31(32(38)21-11-14-22(36)15-12-21)37-27-10-6-3-7-20(27)13-18-29(37)35(30)33(39)24-8-4-5-9-25(24)34(35)40/h3-19,29-31H,1-2H3/t29-,30+,31-/m1/s1. The minimum absolute atomic E-state index is 0.270. The summed E-state index contributed by atoms with van der Waals surface area (Å²) in [5.74, 6) is -1.56. The van der Waals surface area contributed by atoms with Gasteiger partial charge < -0.3 is 14.4 Å². The first kappa shape index (κ1) is 25.9. The molecule has 4 aromatic rings. The number of methoxy groups -OCH3 is 2. The van der Waals surface area contributed by atoms with Gasteiger partial charge in [0.2, 0.25) is 0 Å². The van der Waals surface area contributed by atoms with Gasteiger partial charge in [-0.2, -0.15) is 0 Å². The molecule has 0 bridgehead atoms. The fraction of sp³-hybridized carbons (Fsp3) is 0.171. The number of benzene rings is 4. The second kappa shape index (κ2) is 9.52. The molecule has 1 fully saturated rings. The molecule has 7 heteroatoms. The molecule has 3 atom stereocenters. The second-order valence-corrected chi connectivity index (χ2v) is 10.7. The molecule has 0 N–H and O–H groups in total. The molecule has 1 saturated heterocycles. The molecule has 0 unspecified atom stereocenters. The molecular formula is C35H26FNO5. The van der Waals surface area contributed by atoms with Crippen LogP contribution >= 0.6 is 0 Å². The molecule has 3 aliphatic rings. The van der Waals surface area contributed by atoms with Crippen molar-refractivity contribution in [1.82, 2.24) is 0 Å². The van der Waals surface area contributed by atoms with E-state index in [-0.39, 0.29) is 22.9 Å². The predicted molar refractivity (Wildman–Crippen MR) is 156 cm³/mol. The highest BCUT2D eigenvalue weighted by Crippen LogP contribution is 2.62. The first-order valence-corrected chi connectivity index (χ1v) is 13.7. The highest BCUT2D eigenvalue weighted by molar-refractivity contribution is 6.32. The van der Waals surface area contributed by atoms with E-state index in [4.69, 9.17) is 9.47 Å². The van der Waals surface area contributed by atoms with Gasteiger partial charge in [0.1, 0.15) is 28.8 Å². The minimum atomic E-state index is -1.69. The molecule has 208 valence electrons. The van der Waals surface area contributed by atoms with E-state index in [0.717, 1.165) is 11.3 Å². The van der Waals surface area contributed by atoms with Crippen LogP contribution in [0.4, 0.5) is 10.1 Å². The lowest BCUT2D eigenvalue weighted by Crippen LogP contribution is -2.48. The van der Waals surface area contributed by atoms with Crippen molar-refractivity contribution in [3.05, 3.63) is 131 Å². The molecule has 42 heavy (non-hydrogen) atoms. The van der Waals surface area contributed by atoms with Gasteiger partial charge in [0, 0.05) is 33.9 Å². The Morgan fingerprint density at radius 1 is 0.833 bits per heavy atom. The lowest BCUT2D eigenvalue weighted by molar-refractivity contribution is 0.0664. The van der Waals surface area contributed by atoms with E-state index >= 15 is 0 Å². The highest BCUT2D eigenvalue weighted by atomic mass is 19.1. The third-order valence-electron chi connectivity index (χ3n) is 8.88. The topological polar surface area (TPSA) is 72.9 Å². The zero-order chi connectivity index (χ0) is 29.2. The molecular weight excluding hydrogens is 533 g/mol. The third kappa shape index (κ3) is 3.40. The summed E-state index contributed by atoms with van der Waals surface area (Å²) in [6, 6.07) is 23.2. The maximum atomic E-state index is 14.8. The van der Waals surface area contributed by atoms with E-state index < -0.39 is 29.2 Å². The number of rotatable bonds is 5. The summed E-state index contributed by atoms with van der Waals surface area (Å²) in [5.41, 5.74) is 1.33. The molecule has 2 heterocycles. The predicted octanol–water partition coefficient (Wildman–Crippen LogP) is 6.16. The molecule has 6 nitrogen and oxygen atoms in total. The number of nitrogens with zero attached hydrogens (tertiary/aromatic N) is 1. The Balaban J connectivity index is 1.58. The van der Waals surface area contributed by atoms with E-state index in [2.05, 4.69) is 0 Å². The summed E-state index contributed by atoms with van der Waals surface area (Å²) in [6.45, 7) is 0. The largest absolute Gasteiger partial charge is 0.497 e. The Morgan fingerprint density at radius 3 is 2.17 bits per heavy atom. The quantitative estimate of drug-likeness (QED) is 0.216. The van der Waals surface area contributed by atoms with Crippen molar-refractivity contribution in [2.75, 3.05) is 19.1 Å². The number of ketones is 3. The summed E-state index contributed by atoms with van der Waals surface area (Å²) < 4.78 is 25.3. The zero-order valence-electron chi connectivity index (χ0n) is 22.9. The van der Waals surface area contributed by atoms with Crippen molar-refractivity contribution in [3.8, 4) is 11.5 Å². The number of hydrogen-bond donors (Lipinski definition) is 0. The number of carbonyl (C=O) groups excluding carboxylic acids is 3. The maximum Gasteiger partial charge on any atom is 0.185 e. The Hall–Kier alpha value is -5.04. The molecule has 0 saturated carbocycles. The van der Waals surface area contributed by atoms with Gasteiger partial charge in [-0.15, -0.1) is 0 Å². The zero-order valence-corrected chi connectivity index (χ0v) is 22.9. The minimum Gasteiger partial charge on any atom is -0.497 e. The summed E-state index contributed by atoms with van der Waals surface area (Å²) in [7, 11) is 3.04. The number of halogens is 1. The Morgan fingerprint density at radius 2 is 1.50 bits per heavy atom. The number of ether oxygens (including phenoxy) is 2. The van der Waals surface area contributed by atoms with Crippen LogP contribution in [-0.4, -0.2) is 43.7 Å². The van der Waals surface area contributed by atoms with Gasteiger partial charge in [0.05, 0.1) is 20.3 Å². The molecule has 4 aromatic carbocycles. The van der Waals surface area contributed by atoms with E-state index in [1.165, 1.54) is 38.5 Å². The van der Waals surface area contributed by atoms with Gasteiger partial charge >= 0.3 is 0 Å². The van der Waals surface area contributed by atoms with Crippen LogP contribution < -0.4 is 14.4 Å². The van der Waals surface area contributed by atoms with Crippen LogP contribution in [0, 0.1) is 11.2 Å². The lowest BCUT2D eigenvalue weighted by atomic mass is 9.64. The van der Waals surface area contributed by atoms with Crippen LogP contribution in [0.3, 0.4) is 0 Å². The van der Waals surface area contributed by atoms with Crippen LogP contribution in [0.25, 0.3) is 6.08 Å². The SMILES string of the molecule is COc1ccc(OC)c([C@H]2[C@H](C(=O)c3ccc(F)cc3)N3c4ccccc4C=C[C@@H]3C23C(=O)c2ccccc2C3=O)c1. The summed E-state index contributed by atoms with van der Waals surface area (Å²) in [5, 5.41) is 0. The number of para-hydroxylation sites is 1. The lowest BCUT2D eigenvalue weighted by Gasteiger charge is -2.37. The second-order valence-electron chi connectivity index (χ2n) is 10.7. The summed E-state index contributed by atoms with van der Waals surface area (Å²) in [6.07, 6.45) is 3.77. The molecule has 1 aliphatic carbocycles. The first-order chi connectivity index (χ1) is 20.4. The van der Waals surface area contributed by atoms with Crippen LogP contribution in [0.2, 0.25) is 0 Å². The van der Waals surface area contributed by atoms with E-state index in [0.29, 0.717) is 28.2 Å². The number of hydrogen-bond acceptors (Lipinski definition) is 6. The normalized spacial score (nSPS) is 21.2. The van der Waals surface area contributed by atoms with Crippen molar-refractivity contribution in [1.29, 1.82) is 0 Å². The van der Waals surface area contributed by atoms with Crippen LogP contribution in [0.5, 0.6) is 11.5 Å². The highest BCUT2D eigenvalue weighted by Gasteiger charge is 2.72. The number of Topliss-reactive ketones (excluding diaryl/α,β-unsaturated/α-hetero) is 3. The number of fused-ring (bicyclic) bond motifs is 5. The molecule has 1 spiro atoms. The average Bonchev–Trinajstić information content (AvgIpc) is 3.46. The van der Waals surface area contributed by atoms with Crippen molar-refractivity contribution < 1.29 is 28.2 Å². The van der Waals surface area contributed by atoms with Crippen molar-refractivity contribution in [2.24, 2.45) is 5.41 Å². The van der Waals surface area contributed by atoms with Crippen LogP contribution in [-0.2, 0) is 0 Å². The first-order valence-electron chi connectivity index (χ1n) is 13.7. The average molecular weight is 560 g/mol. The fourth-order valence-corrected chi connectivity index (χ4v) is 7.13. The summed E-state index contributed by atoms with van der Waals surface area (Å²) in [4.78, 5) is 46.2. The maximum absolute atomic E-state index is 14.8. The van der Waals surface area contributed by atoms with Gasteiger partial charge in [0.15, 0.2) is 17.3 Å². The Bertz CT molecular complexity index is 1780.